The molecule has 4 aromatic carbocycles. The molecule has 4 N–H and O–H groups in total. The van der Waals surface area contributed by atoms with Crippen LogP contribution < -0.4 is 10.6 Å². The van der Waals surface area contributed by atoms with Crippen LogP contribution in [-0.4, -0.2) is 92.6 Å². The van der Waals surface area contributed by atoms with Gasteiger partial charge in [0.25, 0.3) is 0 Å². The molecule has 64 heavy (non-hydrogen) atoms. The van der Waals surface area contributed by atoms with Crippen LogP contribution in [-0.2, 0) is 31.9 Å². The maximum atomic E-state index is 14.3. The van der Waals surface area contributed by atoms with Crippen LogP contribution in [0.2, 0.25) is 0 Å². The van der Waals surface area contributed by atoms with Crippen LogP contribution in [0.4, 0.5) is 9.59 Å². The van der Waals surface area contributed by atoms with Crippen molar-refractivity contribution < 1.29 is 28.7 Å². The van der Waals surface area contributed by atoms with Crippen molar-refractivity contribution in [1.82, 2.24) is 40.4 Å². The summed E-state index contributed by atoms with van der Waals surface area (Å²) in [4.78, 5) is 73.2. The Morgan fingerprint density at radius 1 is 0.641 bits per heavy atom. The van der Waals surface area contributed by atoms with Crippen molar-refractivity contribution >= 4 is 24.0 Å². The number of fused-ring (bicyclic) bond motifs is 2. The molecule has 3 fully saturated rings. The number of likely N-dealkylation sites (tertiary alicyclic amines) is 2. The molecule has 2 saturated heterocycles. The first kappa shape index (κ1) is 42.1. The van der Waals surface area contributed by atoms with E-state index in [1.807, 2.05) is 76.7 Å². The Bertz CT molecular complexity index is 2580. The minimum atomic E-state index is -0.776. The second-order valence-electron chi connectivity index (χ2n) is 16.9. The lowest BCUT2D eigenvalue weighted by Crippen LogP contribution is -2.52. The van der Waals surface area contributed by atoms with E-state index in [0.29, 0.717) is 25.2 Å². The Labute approximate surface area is 371 Å². The Morgan fingerprint density at radius 3 is 1.69 bits per heavy atom. The number of hydrogen-bond donors (Lipinski definition) is 4. The highest BCUT2D eigenvalue weighted by Gasteiger charge is 2.51. The zero-order valence-electron chi connectivity index (χ0n) is 35.9. The number of methoxy groups -OCH3 is 2. The lowest BCUT2D eigenvalue weighted by Gasteiger charge is -2.36. The Morgan fingerprint density at radius 2 is 1.14 bits per heavy atom. The molecule has 0 unspecified atom stereocenters. The van der Waals surface area contributed by atoms with Crippen molar-refractivity contribution in [3.63, 3.8) is 0 Å². The third-order valence-electron chi connectivity index (χ3n) is 13.0. The molecule has 0 spiro atoms. The molecule has 6 atom stereocenters. The number of imidazole rings is 2. The molecule has 2 aliphatic heterocycles. The molecule has 14 heteroatoms. The highest BCUT2D eigenvalue weighted by molar-refractivity contribution is 5.87. The van der Waals surface area contributed by atoms with Gasteiger partial charge in [-0.2, -0.15) is 0 Å². The number of H-pyrrole nitrogens is 2. The number of benzene rings is 4. The third-order valence-corrected chi connectivity index (χ3v) is 13.0. The second-order valence-corrected chi connectivity index (χ2v) is 16.9. The summed E-state index contributed by atoms with van der Waals surface area (Å²) >= 11 is 0. The highest BCUT2D eigenvalue weighted by atomic mass is 16.5. The van der Waals surface area contributed by atoms with Crippen LogP contribution in [0.5, 0.6) is 0 Å². The number of amides is 4. The van der Waals surface area contributed by atoms with Crippen molar-refractivity contribution in [2.24, 2.45) is 5.92 Å². The minimum absolute atomic E-state index is 0.0877. The molecule has 328 valence electrons. The maximum Gasteiger partial charge on any atom is 0.407 e. The Kier molecular flexibility index (Phi) is 12.3. The van der Waals surface area contributed by atoms with Gasteiger partial charge in [-0.05, 0) is 71.4 Å². The zero-order valence-corrected chi connectivity index (χ0v) is 35.9. The van der Waals surface area contributed by atoms with Gasteiger partial charge in [-0.1, -0.05) is 109 Å². The van der Waals surface area contributed by atoms with E-state index in [1.165, 1.54) is 14.2 Å². The number of piperidine rings is 1. The van der Waals surface area contributed by atoms with Gasteiger partial charge in [0.15, 0.2) is 0 Å². The van der Waals surface area contributed by atoms with Crippen molar-refractivity contribution in [1.29, 1.82) is 0 Å². The van der Waals surface area contributed by atoms with Crippen LogP contribution in [0.15, 0.2) is 122 Å². The summed E-state index contributed by atoms with van der Waals surface area (Å²) < 4.78 is 9.76. The fourth-order valence-corrected chi connectivity index (χ4v) is 9.83. The van der Waals surface area contributed by atoms with E-state index in [4.69, 9.17) is 19.4 Å². The van der Waals surface area contributed by atoms with Crippen LogP contribution >= 0.6 is 0 Å². The molecule has 1 aliphatic carbocycles. The predicted molar refractivity (Wildman–Crippen MR) is 240 cm³/mol. The van der Waals surface area contributed by atoms with Gasteiger partial charge in [-0.25, -0.2) is 19.6 Å². The van der Waals surface area contributed by atoms with Crippen molar-refractivity contribution in [2.75, 3.05) is 20.8 Å². The molecule has 4 amide bonds. The lowest BCUT2D eigenvalue weighted by atomic mass is 9.96. The summed E-state index contributed by atoms with van der Waals surface area (Å²) in [7, 11) is 2.60. The quantitative estimate of drug-likeness (QED) is 0.0911. The van der Waals surface area contributed by atoms with Crippen LogP contribution in [0, 0.1) is 5.92 Å². The molecule has 3 aliphatic rings. The second kappa shape index (κ2) is 18.6. The number of carbonyl (C=O) groups is 4. The fraction of sp³-hybridized carbons (Fsp3) is 0.320. The first-order chi connectivity index (χ1) is 31.3. The van der Waals surface area contributed by atoms with E-state index >= 15 is 0 Å². The number of nitrogens with zero attached hydrogens (tertiary/aromatic N) is 4. The Hall–Kier alpha value is -7.22. The molecule has 0 radical (unpaired) electrons. The van der Waals surface area contributed by atoms with Crippen LogP contribution in [0.1, 0.15) is 67.0 Å². The molecule has 14 nitrogen and oxygen atoms in total. The van der Waals surface area contributed by atoms with Gasteiger partial charge in [-0.3, -0.25) is 9.59 Å². The fourth-order valence-electron chi connectivity index (χ4n) is 9.83. The number of rotatable bonds is 13. The van der Waals surface area contributed by atoms with E-state index in [2.05, 4.69) is 69.1 Å². The summed E-state index contributed by atoms with van der Waals surface area (Å²) in [5, 5.41) is 5.55. The van der Waals surface area contributed by atoms with Gasteiger partial charge in [-0.15, -0.1) is 0 Å². The van der Waals surface area contributed by atoms with Crippen LogP contribution in [0.25, 0.3) is 33.6 Å². The van der Waals surface area contributed by atoms with Crippen molar-refractivity contribution in [3.8, 4) is 33.6 Å². The van der Waals surface area contributed by atoms with Gasteiger partial charge in [0.2, 0.25) is 11.8 Å². The number of hydrogen-bond acceptors (Lipinski definition) is 8. The number of aromatic nitrogens is 4. The molecule has 6 aromatic rings. The van der Waals surface area contributed by atoms with E-state index in [9.17, 15) is 19.2 Å². The third kappa shape index (κ3) is 8.85. The van der Waals surface area contributed by atoms with E-state index in [1.54, 1.807) is 6.20 Å². The first-order valence-electron chi connectivity index (χ1n) is 22.0. The van der Waals surface area contributed by atoms with Crippen LogP contribution in [0.3, 0.4) is 0 Å². The first-order valence-corrected chi connectivity index (χ1v) is 22.0. The number of alkyl carbamates (subject to hydrolysis) is 2. The van der Waals surface area contributed by atoms with E-state index in [0.717, 1.165) is 82.7 Å². The molecule has 1 saturated carbocycles. The standard InChI is InChI=1S/C50H52N8O6/c1-63-49(61)55-39(26-31-10-5-3-6-11-31)47(59)57-25-9-14-43(57)45-51-29-41(53-45)35-19-15-33(16-20-35)34-17-21-36(22-18-34)42-30-52-46(54-42)44-37-23-24-38(28-37)58(44)48(60)40(56-50(62)64-2)27-32-12-7-4-8-13-32/h3-8,10-13,15-22,29-30,37-40,43-44H,9,14,23-28H2,1-2H3,(H,51,53)(H,52,54)(H,55,61)(H,56,62)/t37-,38-,39-,40+,43-,44+/m0/s1. The van der Waals surface area contributed by atoms with Crippen molar-refractivity contribution in [3.05, 3.63) is 144 Å². The largest absolute Gasteiger partial charge is 0.453 e. The molecular weight excluding hydrogens is 809 g/mol. The van der Waals surface area contributed by atoms with E-state index in [-0.39, 0.29) is 35.9 Å². The summed E-state index contributed by atoms with van der Waals surface area (Å²) in [6.07, 6.45) is 7.51. The topological polar surface area (TPSA) is 175 Å². The summed E-state index contributed by atoms with van der Waals surface area (Å²) in [6, 6.07) is 34.0. The lowest BCUT2D eigenvalue weighted by molar-refractivity contribution is -0.138. The molecule has 2 bridgehead atoms. The van der Waals surface area contributed by atoms with Gasteiger partial charge in [0.05, 0.1) is 50.1 Å². The minimum Gasteiger partial charge on any atom is -0.453 e. The zero-order chi connectivity index (χ0) is 44.2. The average Bonchev–Trinajstić information content (AvgIpc) is 4.21. The predicted octanol–water partition coefficient (Wildman–Crippen LogP) is 7.78. The number of nitrogens with one attached hydrogen (secondary N) is 4. The summed E-state index contributed by atoms with van der Waals surface area (Å²) in [5.74, 6) is 1.45. The van der Waals surface area contributed by atoms with Gasteiger partial charge in [0.1, 0.15) is 23.7 Å². The SMILES string of the molecule is COC(=O)N[C@@H](Cc1ccccc1)C(=O)N1CCC[C@H]1c1ncc(-c2ccc(-c3ccc(-c4cnc([C@H]5[C@H]6CC[C@@H](C6)N5C(=O)[C@@H](Cc5ccccc5)NC(=O)OC)[nH]4)cc3)cc2)[nH]1. The number of aromatic amines is 2. The van der Waals surface area contributed by atoms with Gasteiger partial charge < -0.3 is 39.9 Å². The summed E-state index contributed by atoms with van der Waals surface area (Å²) in [6.45, 7) is 0.567. The molecule has 4 heterocycles. The molecule has 2 aromatic heterocycles. The smallest absolute Gasteiger partial charge is 0.407 e. The number of ether oxygens (including phenoxy) is 2. The average molecular weight is 861 g/mol. The monoisotopic (exact) mass is 860 g/mol. The van der Waals surface area contributed by atoms with E-state index < -0.39 is 24.3 Å². The summed E-state index contributed by atoms with van der Waals surface area (Å²) in [5.41, 5.74) is 7.66. The maximum absolute atomic E-state index is 14.3. The molecule has 9 rings (SSSR count). The van der Waals surface area contributed by atoms with Crippen molar-refractivity contribution in [2.45, 2.75) is 75.2 Å². The Balaban J connectivity index is 0.863. The van der Waals surface area contributed by atoms with Gasteiger partial charge >= 0.3 is 12.2 Å². The molecular formula is C50H52N8O6. The highest BCUT2D eigenvalue weighted by Crippen LogP contribution is 2.50. The number of carbonyl (C=O) groups excluding carboxylic acids is 4. The normalized spacial score (nSPS) is 19.8. The van der Waals surface area contributed by atoms with Gasteiger partial charge in [0, 0.05) is 25.4 Å².